The zero-order chi connectivity index (χ0) is 20.8. The molecule has 0 aliphatic carbocycles. The Hall–Kier alpha value is -3.22. The second kappa shape index (κ2) is 9.32. The van der Waals surface area contributed by atoms with Crippen LogP contribution in [0.4, 0.5) is 10.1 Å². The first-order valence-corrected chi connectivity index (χ1v) is 9.63. The molecular formula is C22H24FN3O3. The van der Waals surface area contributed by atoms with E-state index in [9.17, 15) is 18.8 Å². The van der Waals surface area contributed by atoms with Gasteiger partial charge in [0.05, 0.1) is 5.56 Å². The summed E-state index contributed by atoms with van der Waals surface area (Å²) in [5.41, 5.74) is 1.70. The van der Waals surface area contributed by atoms with Crippen molar-refractivity contribution in [3.63, 3.8) is 0 Å². The number of nitrogens with one attached hydrogen (secondary N) is 2. The van der Waals surface area contributed by atoms with Crippen molar-refractivity contribution in [1.29, 1.82) is 0 Å². The van der Waals surface area contributed by atoms with E-state index in [1.54, 1.807) is 29.2 Å². The van der Waals surface area contributed by atoms with Gasteiger partial charge in [-0.3, -0.25) is 14.4 Å². The molecule has 29 heavy (non-hydrogen) atoms. The van der Waals surface area contributed by atoms with Crippen LogP contribution in [-0.4, -0.2) is 42.3 Å². The first-order chi connectivity index (χ1) is 13.9. The zero-order valence-corrected chi connectivity index (χ0v) is 16.3. The Labute approximate surface area is 169 Å². The maximum Gasteiger partial charge on any atom is 0.313 e. The van der Waals surface area contributed by atoms with Gasteiger partial charge in [-0.15, -0.1) is 0 Å². The Morgan fingerprint density at radius 3 is 2.31 bits per heavy atom. The number of piperidine rings is 1. The Morgan fingerprint density at radius 1 is 1.00 bits per heavy atom. The van der Waals surface area contributed by atoms with Crippen LogP contribution in [0.2, 0.25) is 0 Å². The van der Waals surface area contributed by atoms with Gasteiger partial charge < -0.3 is 15.5 Å². The lowest BCUT2D eigenvalue weighted by Crippen LogP contribution is -2.43. The quantitative estimate of drug-likeness (QED) is 0.779. The molecule has 0 bridgehead atoms. The highest BCUT2D eigenvalue weighted by Crippen LogP contribution is 2.19. The van der Waals surface area contributed by atoms with E-state index in [0.29, 0.717) is 38.2 Å². The minimum Gasteiger partial charge on any atom is -0.348 e. The first-order valence-electron chi connectivity index (χ1n) is 9.63. The summed E-state index contributed by atoms with van der Waals surface area (Å²) >= 11 is 0. The number of hydrogen-bond acceptors (Lipinski definition) is 3. The topological polar surface area (TPSA) is 78.5 Å². The number of halogens is 1. The van der Waals surface area contributed by atoms with Gasteiger partial charge in [-0.1, -0.05) is 29.8 Å². The lowest BCUT2D eigenvalue weighted by Gasteiger charge is -2.32. The van der Waals surface area contributed by atoms with Crippen LogP contribution < -0.4 is 10.6 Å². The minimum atomic E-state index is -0.707. The fraction of sp³-hybridized carbons (Fsp3) is 0.318. The number of hydrogen-bond donors (Lipinski definition) is 2. The second-order valence-electron chi connectivity index (χ2n) is 7.25. The van der Waals surface area contributed by atoms with Crippen molar-refractivity contribution in [2.45, 2.75) is 19.8 Å². The lowest BCUT2D eigenvalue weighted by molar-refractivity contribution is -0.136. The number of amides is 3. The zero-order valence-electron chi connectivity index (χ0n) is 16.3. The lowest BCUT2D eigenvalue weighted by atomic mass is 9.96. The van der Waals surface area contributed by atoms with Crippen LogP contribution in [0.1, 0.15) is 28.8 Å². The molecule has 6 nitrogen and oxygen atoms in total. The van der Waals surface area contributed by atoms with E-state index in [1.807, 2.05) is 19.1 Å². The molecule has 0 spiro atoms. The minimum absolute atomic E-state index is 0.0760. The van der Waals surface area contributed by atoms with Gasteiger partial charge in [0.1, 0.15) is 5.82 Å². The number of benzene rings is 2. The summed E-state index contributed by atoms with van der Waals surface area (Å²) in [4.78, 5) is 38.1. The fourth-order valence-electron chi connectivity index (χ4n) is 3.29. The van der Waals surface area contributed by atoms with Gasteiger partial charge >= 0.3 is 11.8 Å². The third-order valence-corrected chi connectivity index (χ3v) is 5.07. The SMILES string of the molecule is Cc1ccc(NC(=O)C(=O)NCC2CCN(C(=O)c3ccccc3F)CC2)cc1. The molecule has 0 unspecified atom stereocenters. The molecule has 2 aromatic rings. The third-order valence-electron chi connectivity index (χ3n) is 5.07. The van der Waals surface area contributed by atoms with Gasteiger partial charge in [0, 0.05) is 25.3 Å². The monoisotopic (exact) mass is 397 g/mol. The van der Waals surface area contributed by atoms with Crippen molar-refractivity contribution in [1.82, 2.24) is 10.2 Å². The van der Waals surface area contributed by atoms with Crippen molar-refractivity contribution < 1.29 is 18.8 Å². The van der Waals surface area contributed by atoms with Crippen LogP contribution in [0.15, 0.2) is 48.5 Å². The molecule has 2 aromatic carbocycles. The van der Waals surface area contributed by atoms with Crippen molar-refractivity contribution in [3.05, 3.63) is 65.5 Å². The predicted octanol–water partition coefficient (Wildman–Crippen LogP) is 2.74. The number of anilines is 1. The number of rotatable bonds is 4. The van der Waals surface area contributed by atoms with Crippen LogP contribution in [0.25, 0.3) is 0 Å². The largest absolute Gasteiger partial charge is 0.348 e. The number of nitrogens with zero attached hydrogens (tertiary/aromatic N) is 1. The maximum absolute atomic E-state index is 13.8. The smallest absolute Gasteiger partial charge is 0.313 e. The summed E-state index contributed by atoms with van der Waals surface area (Å²) in [6.07, 6.45) is 1.36. The van der Waals surface area contributed by atoms with E-state index in [4.69, 9.17) is 0 Å². The fourth-order valence-corrected chi connectivity index (χ4v) is 3.29. The average Bonchev–Trinajstić information content (AvgIpc) is 2.74. The summed E-state index contributed by atoms with van der Waals surface area (Å²) in [5, 5.41) is 5.22. The molecule has 1 aliphatic rings. The number of aryl methyl sites for hydroxylation is 1. The van der Waals surface area contributed by atoms with Gasteiger partial charge in [-0.05, 0) is 49.9 Å². The summed E-state index contributed by atoms with van der Waals surface area (Å²) in [5.74, 6) is -2.07. The molecule has 152 valence electrons. The van der Waals surface area contributed by atoms with Crippen molar-refractivity contribution in [3.8, 4) is 0 Å². The molecule has 0 aromatic heterocycles. The van der Waals surface area contributed by atoms with Crippen LogP contribution in [0.5, 0.6) is 0 Å². The molecule has 1 saturated heterocycles. The molecule has 2 N–H and O–H groups in total. The van der Waals surface area contributed by atoms with Gasteiger partial charge in [-0.2, -0.15) is 0 Å². The highest BCUT2D eigenvalue weighted by Gasteiger charge is 2.26. The molecule has 1 aliphatic heterocycles. The molecule has 3 amide bonds. The van der Waals surface area contributed by atoms with Crippen LogP contribution >= 0.6 is 0 Å². The molecule has 1 fully saturated rings. The highest BCUT2D eigenvalue weighted by atomic mass is 19.1. The van der Waals surface area contributed by atoms with Crippen molar-refractivity contribution in [2.24, 2.45) is 5.92 Å². The summed E-state index contributed by atoms with van der Waals surface area (Å²) in [7, 11) is 0. The molecule has 3 rings (SSSR count). The highest BCUT2D eigenvalue weighted by molar-refractivity contribution is 6.39. The normalized spacial score (nSPS) is 14.3. The molecule has 0 radical (unpaired) electrons. The number of carbonyl (C=O) groups excluding carboxylic acids is 3. The Bertz CT molecular complexity index is 890. The van der Waals surface area contributed by atoms with Gasteiger partial charge in [0.25, 0.3) is 5.91 Å². The van der Waals surface area contributed by atoms with Crippen LogP contribution in [0.3, 0.4) is 0 Å². The molecular weight excluding hydrogens is 373 g/mol. The van der Waals surface area contributed by atoms with Crippen molar-refractivity contribution in [2.75, 3.05) is 25.0 Å². The summed E-state index contributed by atoms with van der Waals surface area (Å²) < 4.78 is 13.8. The Morgan fingerprint density at radius 2 is 1.66 bits per heavy atom. The molecule has 0 atom stereocenters. The third kappa shape index (κ3) is 5.40. The van der Waals surface area contributed by atoms with E-state index >= 15 is 0 Å². The van der Waals surface area contributed by atoms with E-state index in [1.165, 1.54) is 12.1 Å². The number of carbonyl (C=O) groups is 3. The summed E-state index contributed by atoms with van der Waals surface area (Å²) in [6.45, 7) is 3.28. The molecule has 0 saturated carbocycles. The van der Waals surface area contributed by atoms with Crippen molar-refractivity contribution >= 4 is 23.4 Å². The van der Waals surface area contributed by atoms with E-state index in [-0.39, 0.29) is 17.4 Å². The molecule has 7 heteroatoms. The van der Waals surface area contributed by atoms with Gasteiger partial charge in [0.15, 0.2) is 0 Å². The average molecular weight is 397 g/mol. The van der Waals surface area contributed by atoms with E-state index in [0.717, 1.165) is 5.56 Å². The predicted molar refractivity (Wildman–Crippen MR) is 108 cm³/mol. The summed E-state index contributed by atoms with van der Waals surface area (Å²) in [6, 6.07) is 13.1. The first kappa shape index (κ1) is 20.5. The standard InChI is InChI=1S/C22H24FN3O3/c1-15-6-8-17(9-7-15)25-21(28)20(27)24-14-16-10-12-26(13-11-16)22(29)18-4-2-3-5-19(18)23/h2-9,16H,10-14H2,1H3,(H,24,27)(H,25,28). The van der Waals surface area contributed by atoms with Crippen LogP contribution in [0, 0.1) is 18.7 Å². The van der Waals surface area contributed by atoms with E-state index < -0.39 is 17.6 Å². The maximum atomic E-state index is 13.8. The Kier molecular flexibility index (Phi) is 6.59. The van der Waals surface area contributed by atoms with Gasteiger partial charge in [0.2, 0.25) is 0 Å². The Balaban J connectivity index is 1.43. The molecule has 1 heterocycles. The van der Waals surface area contributed by atoms with Crippen LogP contribution in [-0.2, 0) is 9.59 Å². The van der Waals surface area contributed by atoms with Gasteiger partial charge in [-0.25, -0.2) is 4.39 Å². The number of likely N-dealkylation sites (tertiary alicyclic amines) is 1. The van der Waals surface area contributed by atoms with E-state index in [2.05, 4.69) is 10.6 Å². The second-order valence-corrected chi connectivity index (χ2v) is 7.25.